The highest BCUT2D eigenvalue weighted by Crippen LogP contribution is 2.24. The van der Waals surface area contributed by atoms with Gasteiger partial charge in [-0.1, -0.05) is 11.6 Å². The molecule has 108 valence electrons. The summed E-state index contributed by atoms with van der Waals surface area (Å²) in [6.07, 6.45) is 4.56. The molecule has 0 aliphatic carbocycles. The summed E-state index contributed by atoms with van der Waals surface area (Å²) in [5.41, 5.74) is 1.81. The molecule has 0 saturated heterocycles. The zero-order valence-corrected chi connectivity index (χ0v) is 12.8. The predicted octanol–water partition coefficient (Wildman–Crippen LogP) is 3.75. The van der Waals surface area contributed by atoms with Gasteiger partial charge in [0.25, 0.3) is 0 Å². The van der Waals surface area contributed by atoms with Crippen molar-refractivity contribution in [2.75, 3.05) is 19.0 Å². The minimum absolute atomic E-state index is 0.141. The first-order chi connectivity index (χ1) is 9.52. The van der Waals surface area contributed by atoms with Crippen LogP contribution in [0.15, 0.2) is 36.7 Å². The molecule has 0 aliphatic heterocycles. The molecule has 5 heteroatoms. The molecule has 0 saturated carbocycles. The van der Waals surface area contributed by atoms with E-state index in [9.17, 15) is 0 Å². The average molecular weight is 294 g/mol. The number of anilines is 1. The summed E-state index contributed by atoms with van der Waals surface area (Å²) in [5.74, 6) is 0. The number of aromatic nitrogens is 2. The number of methoxy groups -OCH3 is 1. The molecule has 0 unspecified atom stereocenters. The molecule has 0 spiro atoms. The Hall–Kier alpha value is -1.52. The monoisotopic (exact) mass is 293 g/mol. The molecule has 0 aliphatic rings. The lowest BCUT2D eigenvalue weighted by atomic mass is 10.1. The Morgan fingerprint density at radius 2 is 2.20 bits per heavy atom. The van der Waals surface area contributed by atoms with Gasteiger partial charge in [0.1, 0.15) is 0 Å². The molecule has 0 bridgehead atoms. The fraction of sp³-hybridized carbons (Fsp3) is 0.400. The van der Waals surface area contributed by atoms with Crippen LogP contribution in [0.5, 0.6) is 0 Å². The molecular weight excluding hydrogens is 274 g/mol. The predicted molar refractivity (Wildman–Crippen MR) is 82.8 cm³/mol. The summed E-state index contributed by atoms with van der Waals surface area (Å²) in [5, 5.41) is 8.37. The first-order valence-corrected chi connectivity index (χ1v) is 6.98. The highest BCUT2D eigenvalue weighted by molar-refractivity contribution is 6.31. The van der Waals surface area contributed by atoms with Gasteiger partial charge in [0, 0.05) is 31.1 Å². The average Bonchev–Trinajstić information content (AvgIpc) is 2.92. The summed E-state index contributed by atoms with van der Waals surface area (Å²) in [4.78, 5) is 0. The summed E-state index contributed by atoms with van der Waals surface area (Å²) in [6, 6.07) is 7.63. The molecule has 1 aromatic heterocycles. The van der Waals surface area contributed by atoms with Crippen LogP contribution in [0.25, 0.3) is 5.69 Å². The van der Waals surface area contributed by atoms with E-state index >= 15 is 0 Å². The highest BCUT2D eigenvalue weighted by Gasteiger charge is 2.16. The van der Waals surface area contributed by atoms with Gasteiger partial charge in [0.2, 0.25) is 0 Å². The minimum atomic E-state index is -0.141. The molecule has 20 heavy (non-hydrogen) atoms. The molecule has 0 amide bonds. The SMILES string of the molecule is COC(C)(C)CCNc1cc(Cl)ccc1-n1cccn1. The molecule has 1 heterocycles. The fourth-order valence-corrected chi connectivity index (χ4v) is 2.03. The topological polar surface area (TPSA) is 39.1 Å². The lowest BCUT2D eigenvalue weighted by Crippen LogP contribution is -2.26. The van der Waals surface area contributed by atoms with Crippen LogP contribution in [0, 0.1) is 0 Å². The largest absolute Gasteiger partial charge is 0.383 e. The van der Waals surface area contributed by atoms with Gasteiger partial charge < -0.3 is 10.1 Å². The third kappa shape index (κ3) is 3.74. The number of nitrogens with one attached hydrogen (secondary N) is 1. The van der Waals surface area contributed by atoms with E-state index in [4.69, 9.17) is 16.3 Å². The van der Waals surface area contributed by atoms with Gasteiger partial charge in [0.15, 0.2) is 0 Å². The zero-order valence-electron chi connectivity index (χ0n) is 12.1. The van der Waals surface area contributed by atoms with Crippen LogP contribution in [0.4, 0.5) is 5.69 Å². The van der Waals surface area contributed by atoms with Crippen LogP contribution in [-0.2, 0) is 4.74 Å². The second kappa shape index (κ2) is 6.29. The molecule has 4 nitrogen and oxygen atoms in total. The molecule has 0 radical (unpaired) electrons. The van der Waals surface area contributed by atoms with Crippen molar-refractivity contribution in [2.45, 2.75) is 25.9 Å². The molecule has 0 atom stereocenters. The molecule has 1 N–H and O–H groups in total. The van der Waals surface area contributed by atoms with Crippen molar-refractivity contribution in [1.82, 2.24) is 9.78 Å². The number of ether oxygens (including phenoxy) is 1. The van der Waals surface area contributed by atoms with Crippen molar-refractivity contribution in [3.05, 3.63) is 41.7 Å². The Labute approximate surface area is 124 Å². The summed E-state index contributed by atoms with van der Waals surface area (Å²) >= 11 is 6.08. The van der Waals surface area contributed by atoms with Gasteiger partial charge in [-0.3, -0.25) is 0 Å². The van der Waals surface area contributed by atoms with Crippen LogP contribution in [0.3, 0.4) is 0 Å². The van der Waals surface area contributed by atoms with E-state index in [2.05, 4.69) is 24.3 Å². The van der Waals surface area contributed by atoms with Crippen molar-refractivity contribution in [2.24, 2.45) is 0 Å². The smallest absolute Gasteiger partial charge is 0.0877 e. The molecule has 0 fully saturated rings. The van der Waals surface area contributed by atoms with E-state index in [1.165, 1.54) is 0 Å². The van der Waals surface area contributed by atoms with E-state index in [1.807, 2.05) is 35.1 Å². The second-order valence-corrected chi connectivity index (χ2v) is 5.69. The van der Waals surface area contributed by atoms with Crippen LogP contribution in [0.1, 0.15) is 20.3 Å². The quantitative estimate of drug-likeness (QED) is 0.881. The molecule has 2 rings (SSSR count). The lowest BCUT2D eigenvalue weighted by molar-refractivity contribution is 0.0185. The Morgan fingerprint density at radius 1 is 1.40 bits per heavy atom. The van der Waals surface area contributed by atoms with Gasteiger partial charge in [-0.2, -0.15) is 5.10 Å². The maximum Gasteiger partial charge on any atom is 0.0877 e. The van der Waals surface area contributed by atoms with E-state index < -0.39 is 0 Å². The Morgan fingerprint density at radius 3 is 2.85 bits per heavy atom. The number of rotatable bonds is 6. The standard InChI is InChI=1S/C15H20ClN3O/c1-15(2,20-3)7-9-17-13-11-12(16)5-6-14(13)19-10-4-8-18-19/h4-6,8,10-11,17H,7,9H2,1-3H3. The van der Waals surface area contributed by atoms with Gasteiger partial charge in [-0.05, 0) is 44.5 Å². The van der Waals surface area contributed by atoms with Crippen LogP contribution in [-0.4, -0.2) is 29.0 Å². The van der Waals surface area contributed by atoms with Gasteiger partial charge >= 0.3 is 0 Å². The van der Waals surface area contributed by atoms with E-state index in [0.29, 0.717) is 5.02 Å². The third-order valence-electron chi connectivity index (χ3n) is 3.30. The highest BCUT2D eigenvalue weighted by atomic mass is 35.5. The summed E-state index contributed by atoms with van der Waals surface area (Å²) < 4.78 is 7.24. The maximum atomic E-state index is 6.08. The minimum Gasteiger partial charge on any atom is -0.383 e. The van der Waals surface area contributed by atoms with Crippen molar-refractivity contribution >= 4 is 17.3 Å². The van der Waals surface area contributed by atoms with Gasteiger partial charge in [-0.15, -0.1) is 0 Å². The van der Waals surface area contributed by atoms with Crippen LogP contribution >= 0.6 is 11.6 Å². The lowest BCUT2D eigenvalue weighted by Gasteiger charge is -2.23. The second-order valence-electron chi connectivity index (χ2n) is 5.25. The van der Waals surface area contributed by atoms with Crippen molar-refractivity contribution in [3.63, 3.8) is 0 Å². The Kier molecular flexibility index (Phi) is 4.68. The summed E-state index contributed by atoms with van der Waals surface area (Å²) in [7, 11) is 1.73. The van der Waals surface area contributed by atoms with Gasteiger partial charge in [-0.25, -0.2) is 4.68 Å². The van der Waals surface area contributed by atoms with Crippen molar-refractivity contribution in [1.29, 1.82) is 0 Å². The number of hydrogen-bond donors (Lipinski definition) is 1. The molecular formula is C15H20ClN3O. The van der Waals surface area contributed by atoms with E-state index in [-0.39, 0.29) is 5.60 Å². The van der Waals surface area contributed by atoms with Gasteiger partial charge in [0.05, 0.1) is 17.0 Å². The Balaban J connectivity index is 2.13. The number of nitrogens with zero attached hydrogens (tertiary/aromatic N) is 2. The molecule has 2 aromatic rings. The maximum absolute atomic E-state index is 6.08. The van der Waals surface area contributed by atoms with Crippen LogP contribution in [0.2, 0.25) is 5.02 Å². The van der Waals surface area contributed by atoms with Crippen molar-refractivity contribution < 1.29 is 4.74 Å². The Bertz CT molecular complexity index is 552. The van der Waals surface area contributed by atoms with Crippen LogP contribution < -0.4 is 5.32 Å². The first-order valence-electron chi connectivity index (χ1n) is 6.60. The van der Waals surface area contributed by atoms with E-state index in [0.717, 1.165) is 24.3 Å². The number of hydrogen-bond acceptors (Lipinski definition) is 3. The third-order valence-corrected chi connectivity index (χ3v) is 3.54. The first kappa shape index (κ1) is 14.9. The number of benzene rings is 1. The van der Waals surface area contributed by atoms with E-state index in [1.54, 1.807) is 13.3 Å². The number of halogens is 1. The van der Waals surface area contributed by atoms with Crippen molar-refractivity contribution in [3.8, 4) is 5.69 Å². The zero-order chi connectivity index (χ0) is 14.6. The fourth-order valence-electron chi connectivity index (χ4n) is 1.86. The molecule has 1 aromatic carbocycles. The normalized spacial score (nSPS) is 11.6. The summed E-state index contributed by atoms with van der Waals surface area (Å²) in [6.45, 7) is 4.94.